The van der Waals surface area contributed by atoms with Crippen LogP contribution in [0.2, 0.25) is 0 Å². The molecule has 0 aliphatic heterocycles. The van der Waals surface area contributed by atoms with E-state index in [4.69, 9.17) is 10.4 Å². The lowest BCUT2D eigenvalue weighted by molar-refractivity contribution is -0.131. The van der Waals surface area contributed by atoms with Crippen molar-refractivity contribution in [3.05, 3.63) is 40.5 Å². The first kappa shape index (κ1) is 11.7. The molecule has 0 radical (unpaired) electrons. The minimum Gasteiger partial charge on any atom is -0.478 e. The number of hydrogen-bond acceptors (Lipinski definition) is 3. The van der Waals surface area contributed by atoms with Crippen molar-refractivity contribution in [3.8, 4) is 6.07 Å². The molecule has 4 heteroatoms. The SMILES string of the molecule is Cc1c(C=O)cc(C#N)cc1/C=C/C(=O)O. The van der Waals surface area contributed by atoms with Crippen LogP contribution in [0.4, 0.5) is 0 Å². The first-order valence-corrected chi connectivity index (χ1v) is 4.49. The van der Waals surface area contributed by atoms with Gasteiger partial charge < -0.3 is 5.11 Å². The van der Waals surface area contributed by atoms with E-state index < -0.39 is 5.97 Å². The number of nitriles is 1. The van der Waals surface area contributed by atoms with Gasteiger partial charge in [0.25, 0.3) is 0 Å². The van der Waals surface area contributed by atoms with Crippen LogP contribution in [0.3, 0.4) is 0 Å². The largest absolute Gasteiger partial charge is 0.478 e. The molecule has 0 fully saturated rings. The Labute approximate surface area is 92.4 Å². The Morgan fingerprint density at radius 2 is 2.06 bits per heavy atom. The van der Waals surface area contributed by atoms with E-state index in [2.05, 4.69) is 0 Å². The number of hydrogen-bond donors (Lipinski definition) is 1. The van der Waals surface area contributed by atoms with Gasteiger partial charge in [0.2, 0.25) is 0 Å². The Hall–Kier alpha value is -2.41. The maximum Gasteiger partial charge on any atom is 0.328 e. The topological polar surface area (TPSA) is 78.2 Å². The fourth-order valence-electron chi connectivity index (χ4n) is 1.28. The highest BCUT2D eigenvalue weighted by Gasteiger charge is 2.04. The zero-order valence-electron chi connectivity index (χ0n) is 8.60. The molecule has 80 valence electrons. The lowest BCUT2D eigenvalue weighted by Crippen LogP contribution is -1.93. The standard InChI is InChI=1S/C12H9NO3/c1-8-10(2-3-12(15)16)4-9(6-13)5-11(8)7-14/h2-5,7H,1H3,(H,15,16)/b3-2+. The molecular weight excluding hydrogens is 206 g/mol. The summed E-state index contributed by atoms with van der Waals surface area (Å²) in [6.45, 7) is 1.70. The lowest BCUT2D eigenvalue weighted by atomic mass is 9.99. The molecular formula is C12H9NO3. The average Bonchev–Trinajstić information content (AvgIpc) is 2.27. The molecule has 0 amide bonds. The third-order valence-electron chi connectivity index (χ3n) is 2.15. The van der Waals surface area contributed by atoms with Crippen LogP contribution >= 0.6 is 0 Å². The highest BCUT2D eigenvalue weighted by molar-refractivity contribution is 5.87. The van der Waals surface area contributed by atoms with E-state index in [1.165, 1.54) is 12.1 Å². The molecule has 0 aliphatic rings. The van der Waals surface area contributed by atoms with Gasteiger partial charge in [-0.15, -0.1) is 0 Å². The fraction of sp³-hybridized carbons (Fsp3) is 0.0833. The van der Waals surface area contributed by atoms with Gasteiger partial charge in [0.1, 0.15) is 6.29 Å². The number of aldehydes is 1. The Bertz CT molecular complexity index is 510. The average molecular weight is 215 g/mol. The van der Waals surface area contributed by atoms with Gasteiger partial charge in [0, 0.05) is 11.6 Å². The summed E-state index contributed by atoms with van der Waals surface area (Å²) in [4.78, 5) is 21.1. The minimum atomic E-state index is -1.07. The van der Waals surface area contributed by atoms with Crippen LogP contribution in [0.5, 0.6) is 0 Å². The molecule has 0 aliphatic carbocycles. The van der Waals surface area contributed by atoms with E-state index in [1.54, 1.807) is 13.0 Å². The highest BCUT2D eigenvalue weighted by Crippen LogP contribution is 2.16. The van der Waals surface area contributed by atoms with Crippen LogP contribution in [0, 0.1) is 18.3 Å². The van der Waals surface area contributed by atoms with E-state index in [-0.39, 0.29) is 0 Å². The summed E-state index contributed by atoms with van der Waals surface area (Å²) in [5, 5.41) is 17.2. The maximum atomic E-state index is 10.7. The molecule has 4 nitrogen and oxygen atoms in total. The number of benzene rings is 1. The molecule has 0 heterocycles. The van der Waals surface area contributed by atoms with Gasteiger partial charge in [-0.1, -0.05) is 0 Å². The highest BCUT2D eigenvalue weighted by atomic mass is 16.4. The van der Waals surface area contributed by atoms with Crippen molar-refractivity contribution in [1.29, 1.82) is 5.26 Å². The summed E-state index contributed by atoms with van der Waals surface area (Å²) in [6.07, 6.45) is 2.98. The zero-order valence-corrected chi connectivity index (χ0v) is 8.60. The van der Waals surface area contributed by atoms with Crippen molar-refractivity contribution in [1.82, 2.24) is 0 Å². The first-order chi connectivity index (χ1) is 7.58. The number of carboxylic acids is 1. The fourth-order valence-corrected chi connectivity index (χ4v) is 1.28. The minimum absolute atomic E-state index is 0.331. The normalized spacial score (nSPS) is 10.0. The number of carboxylic acid groups (broad SMARTS) is 1. The predicted molar refractivity (Wildman–Crippen MR) is 58.0 cm³/mol. The van der Waals surface area contributed by atoms with Crippen molar-refractivity contribution < 1.29 is 14.7 Å². The Balaban J connectivity index is 3.33. The summed E-state index contributed by atoms with van der Waals surface area (Å²) in [7, 11) is 0. The number of rotatable bonds is 3. The monoisotopic (exact) mass is 215 g/mol. The van der Waals surface area contributed by atoms with Crippen LogP contribution in [-0.4, -0.2) is 17.4 Å². The molecule has 0 unspecified atom stereocenters. The van der Waals surface area contributed by atoms with Crippen LogP contribution in [0.1, 0.15) is 27.0 Å². The number of carbonyl (C=O) groups is 2. The van der Waals surface area contributed by atoms with Crippen LogP contribution in [-0.2, 0) is 4.79 Å². The lowest BCUT2D eigenvalue weighted by Gasteiger charge is -2.04. The van der Waals surface area contributed by atoms with Gasteiger partial charge in [0.15, 0.2) is 0 Å². The van der Waals surface area contributed by atoms with Crippen LogP contribution in [0.15, 0.2) is 18.2 Å². The number of nitrogens with zero attached hydrogens (tertiary/aromatic N) is 1. The van der Waals surface area contributed by atoms with E-state index in [9.17, 15) is 9.59 Å². The molecule has 1 rings (SSSR count). The molecule has 16 heavy (non-hydrogen) atoms. The summed E-state index contributed by atoms with van der Waals surface area (Å²) in [6, 6.07) is 4.93. The Morgan fingerprint density at radius 1 is 1.44 bits per heavy atom. The molecule has 0 saturated heterocycles. The van der Waals surface area contributed by atoms with E-state index in [0.29, 0.717) is 28.5 Å². The molecule has 1 aromatic rings. The van der Waals surface area contributed by atoms with Gasteiger partial charge in [-0.25, -0.2) is 4.79 Å². The van der Waals surface area contributed by atoms with Crippen molar-refractivity contribution in [2.24, 2.45) is 0 Å². The molecule has 0 aromatic heterocycles. The van der Waals surface area contributed by atoms with Crippen molar-refractivity contribution in [2.45, 2.75) is 6.92 Å². The molecule has 0 spiro atoms. The molecule has 1 N–H and O–H groups in total. The maximum absolute atomic E-state index is 10.7. The molecule has 0 bridgehead atoms. The zero-order chi connectivity index (χ0) is 12.1. The number of carbonyl (C=O) groups excluding carboxylic acids is 1. The van der Waals surface area contributed by atoms with Gasteiger partial charge in [-0.2, -0.15) is 5.26 Å². The predicted octanol–water partition coefficient (Wildman–Crippen LogP) is 1.78. The summed E-state index contributed by atoms with van der Waals surface area (Å²) >= 11 is 0. The molecule has 0 atom stereocenters. The Kier molecular flexibility index (Phi) is 3.57. The second-order valence-corrected chi connectivity index (χ2v) is 3.18. The first-order valence-electron chi connectivity index (χ1n) is 4.49. The van der Waals surface area contributed by atoms with Crippen LogP contribution < -0.4 is 0 Å². The van der Waals surface area contributed by atoms with E-state index in [1.807, 2.05) is 6.07 Å². The smallest absolute Gasteiger partial charge is 0.328 e. The van der Waals surface area contributed by atoms with Gasteiger partial charge in [-0.3, -0.25) is 4.79 Å². The van der Waals surface area contributed by atoms with Crippen LogP contribution in [0.25, 0.3) is 6.08 Å². The third-order valence-corrected chi connectivity index (χ3v) is 2.15. The summed E-state index contributed by atoms with van der Waals surface area (Å²) < 4.78 is 0. The van der Waals surface area contributed by atoms with E-state index in [0.717, 1.165) is 6.08 Å². The molecule has 1 aromatic carbocycles. The Morgan fingerprint density at radius 3 is 2.56 bits per heavy atom. The van der Waals surface area contributed by atoms with E-state index >= 15 is 0 Å². The van der Waals surface area contributed by atoms with Crippen molar-refractivity contribution in [3.63, 3.8) is 0 Å². The van der Waals surface area contributed by atoms with Gasteiger partial charge in [0.05, 0.1) is 11.6 Å². The summed E-state index contributed by atoms with van der Waals surface area (Å²) in [5.41, 5.74) is 1.94. The second-order valence-electron chi connectivity index (χ2n) is 3.18. The van der Waals surface area contributed by atoms with Gasteiger partial charge >= 0.3 is 5.97 Å². The molecule has 0 saturated carbocycles. The number of aliphatic carboxylic acids is 1. The second kappa shape index (κ2) is 4.89. The van der Waals surface area contributed by atoms with Gasteiger partial charge in [-0.05, 0) is 36.3 Å². The van der Waals surface area contributed by atoms with Crippen molar-refractivity contribution >= 4 is 18.3 Å². The quantitative estimate of drug-likeness (QED) is 0.615. The summed E-state index contributed by atoms with van der Waals surface area (Å²) in [5.74, 6) is -1.07. The van der Waals surface area contributed by atoms with Crippen molar-refractivity contribution in [2.75, 3.05) is 0 Å². The third kappa shape index (κ3) is 2.55.